The van der Waals surface area contributed by atoms with Crippen LogP contribution in [0.1, 0.15) is 24.5 Å². The zero-order valence-electron chi connectivity index (χ0n) is 24.3. The zero-order valence-corrected chi connectivity index (χ0v) is 25.8. The molecule has 2 heterocycles. The normalized spacial score (nSPS) is 20.5. The van der Waals surface area contributed by atoms with E-state index in [9.17, 15) is 4.79 Å². The lowest BCUT2D eigenvalue weighted by Crippen LogP contribution is -2.53. The maximum atomic E-state index is 12.5. The number of nitrogens with one attached hydrogen (secondary N) is 1. The fourth-order valence-electron chi connectivity index (χ4n) is 5.14. The Morgan fingerprint density at radius 3 is 2.42 bits per heavy atom. The molecule has 2 fully saturated rings. The van der Waals surface area contributed by atoms with Crippen LogP contribution in [-0.2, 0) is 26.5 Å². The molecule has 0 saturated carbocycles. The Balaban J connectivity index is 1.01. The van der Waals surface area contributed by atoms with Crippen LogP contribution in [0.3, 0.4) is 0 Å². The molecule has 2 atom stereocenters. The van der Waals surface area contributed by atoms with Crippen molar-refractivity contribution >= 4 is 34.8 Å². The SMILES string of the molecule is C=CCOc1ccc(CCC(=O)NN2CCN(c3ccc(OC[C@@H]4CO[C@](C)(c5ccc(Cl)cc5Cl)O4)cc3)CC2)cc1. The maximum absolute atomic E-state index is 12.5. The van der Waals surface area contributed by atoms with Crippen LogP contribution in [-0.4, -0.2) is 63.0 Å². The van der Waals surface area contributed by atoms with Crippen molar-refractivity contribution in [2.75, 3.05) is 50.9 Å². The summed E-state index contributed by atoms with van der Waals surface area (Å²) in [5.74, 6) is 0.631. The second-order valence-electron chi connectivity index (χ2n) is 10.7. The van der Waals surface area contributed by atoms with E-state index in [1.807, 2.05) is 54.4 Å². The van der Waals surface area contributed by atoms with Crippen LogP contribution < -0.4 is 19.8 Å². The van der Waals surface area contributed by atoms with Crippen molar-refractivity contribution in [3.63, 3.8) is 0 Å². The monoisotopic (exact) mass is 625 g/mol. The molecule has 0 spiro atoms. The average molecular weight is 627 g/mol. The molecule has 0 aromatic heterocycles. The molecule has 0 bridgehead atoms. The highest BCUT2D eigenvalue weighted by Crippen LogP contribution is 2.38. The first kappa shape index (κ1) is 31.2. The molecular formula is C33H37Cl2N3O5. The van der Waals surface area contributed by atoms with E-state index < -0.39 is 5.79 Å². The fraction of sp³-hybridized carbons (Fsp3) is 0.364. The molecule has 5 rings (SSSR count). The lowest BCUT2D eigenvalue weighted by molar-refractivity contribution is -0.164. The second-order valence-corrected chi connectivity index (χ2v) is 11.5. The molecule has 1 amide bonds. The van der Waals surface area contributed by atoms with Gasteiger partial charge >= 0.3 is 0 Å². The van der Waals surface area contributed by atoms with E-state index in [1.165, 1.54) is 0 Å². The van der Waals surface area contributed by atoms with Gasteiger partial charge in [-0.15, -0.1) is 0 Å². The van der Waals surface area contributed by atoms with Gasteiger partial charge in [-0.2, -0.15) is 0 Å². The molecule has 43 heavy (non-hydrogen) atoms. The molecule has 0 unspecified atom stereocenters. The molecule has 2 saturated heterocycles. The Morgan fingerprint density at radius 2 is 1.72 bits per heavy atom. The van der Waals surface area contributed by atoms with Crippen LogP contribution in [0.5, 0.6) is 11.5 Å². The van der Waals surface area contributed by atoms with Gasteiger partial charge in [-0.05, 0) is 67.4 Å². The lowest BCUT2D eigenvalue weighted by Gasteiger charge is -2.36. The number of hydrogen-bond acceptors (Lipinski definition) is 7. The largest absolute Gasteiger partial charge is 0.491 e. The number of amides is 1. The van der Waals surface area contributed by atoms with Crippen molar-refractivity contribution in [3.8, 4) is 11.5 Å². The van der Waals surface area contributed by atoms with E-state index in [1.54, 1.807) is 18.2 Å². The van der Waals surface area contributed by atoms with Crippen LogP contribution in [0.2, 0.25) is 10.0 Å². The summed E-state index contributed by atoms with van der Waals surface area (Å²) in [6.45, 7) is 9.84. The Labute approximate surface area is 263 Å². The highest BCUT2D eigenvalue weighted by atomic mass is 35.5. The summed E-state index contributed by atoms with van der Waals surface area (Å²) < 4.78 is 23.6. The molecule has 228 valence electrons. The molecule has 1 N–H and O–H groups in total. The predicted molar refractivity (Wildman–Crippen MR) is 169 cm³/mol. The topological polar surface area (TPSA) is 72.5 Å². The summed E-state index contributed by atoms with van der Waals surface area (Å²) >= 11 is 12.4. The molecule has 10 heteroatoms. The molecule has 3 aromatic rings. The van der Waals surface area contributed by atoms with E-state index in [2.05, 4.69) is 29.0 Å². The minimum atomic E-state index is -0.950. The number of hydrazine groups is 1. The van der Waals surface area contributed by atoms with E-state index in [-0.39, 0.29) is 12.0 Å². The molecule has 2 aliphatic heterocycles. The van der Waals surface area contributed by atoms with Crippen molar-refractivity contribution in [1.82, 2.24) is 10.4 Å². The van der Waals surface area contributed by atoms with Crippen molar-refractivity contribution in [3.05, 3.63) is 101 Å². The molecule has 2 aliphatic rings. The standard InChI is InChI=1S/C33H37Cl2N3O5/c1-3-20-40-27-10-4-24(5-11-27)6-15-32(39)36-38-18-16-37(17-19-38)26-8-12-28(13-9-26)41-22-29-23-42-33(2,43-29)30-14-7-25(34)21-31(30)35/h3-5,7-14,21,29H,1,6,15-20,22-23H2,2H3,(H,36,39)/t29-,33+/m1/s1. The highest BCUT2D eigenvalue weighted by Gasteiger charge is 2.40. The van der Waals surface area contributed by atoms with Crippen molar-refractivity contribution < 1.29 is 23.7 Å². The minimum Gasteiger partial charge on any atom is -0.491 e. The first-order chi connectivity index (χ1) is 20.8. The first-order valence-electron chi connectivity index (χ1n) is 14.4. The fourth-order valence-corrected chi connectivity index (χ4v) is 5.72. The number of benzene rings is 3. The van der Waals surface area contributed by atoms with Crippen LogP contribution >= 0.6 is 23.2 Å². The summed E-state index contributed by atoms with van der Waals surface area (Å²) in [5, 5.41) is 3.06. The van der Waals surface area contributed by atoms with Gasteiger partial charge in [0.05, 0.1) is 11.6 Å². The van der Waals surface area contributed by atoms with Crippen LogP contribution in [0.25, 0.3) is 0 Å². The van der Waals surface area contributed by atoms with Crippen LogP contribution in [0.15, 0.2) is 79.4 Å². The summed E-state index contributed by atoms with van der Waals surface area (Å²) in [4.78, 5) is 14.8. The number of halogens is 2. The number of anilines is 1. The molecule has 3 aromatic carbocycles. The third kappa shape index (κ3) is 8.43. The Bertz CT molecular complexity index is 1380. The maximum Gasteiger partial charge on any atom is 0.234 e. The average Bonchev–Trinajstić information content (AvgIpc) is 3.40. The van der Waals surface area contributed by atoms with Gasteiger partial charge in [0.25, 0.3) is 0 Å². The predicted octanol–water partition coefficient (Wildman–Crippen LogP) is 6.01. The van der Waals surface area contributed by atoms with Gasteiger partial charge in [0.2, 0.25) is 5.91 Å². The number of carbonyl (C=O) groups is 1. The molecule has 0 radical (unpaired) electrons. The number of rotatable bonds is 12. The Kier molecular flexibility index (Phi) is 10.5. The summed E-state index contributed by atoms with van der Waals surface area (Å²) in [6, 6.07) is 21.1. The number of aryl methyl sites for hydroxylation is 1. The number of piperazine rings is 1. The number of nitrogens with zero attached hydrogens (tertiary/aromatic N) is 2. The van der Waals surface area contributed by atoms with E-state index >= 15 is 0 Å². The number of hydrogen-bond donors (Lipinski definition) is 1. The lowest BCUT2D eigenvalue weighted by atomic mass is 10.1. The first-order valence-corrected chi connectivity index (χ1v) is 15.2. The van der Waals surface area contributed by atoms with E-state index in [0.717, 1.165) is 54.5 Å². The zero-order chi connectivity index (χ0) is 30.2. The Hall–Kier alpha value is -3.27. The van der Waals surface area contributed by atoms with Gasteiger partial charge in [0.15, 0.2) is 5.79 Å². The van der Waals surface area contributed by atoms with Gasteiger partial charge in [-0.25, -0.2) is 5.01 Å². The van der Waals surface area contributed by atoms with Gasteiger partial charge in [0, 0.05) is 48.9 Å². The van der Waals surface area contributed by atoms with E-state index in [0.29, 0.717) is 42.7 Å². The second kappa shape index (κ2) is 14.5. The molecule has 8 nitrogen and oxygen atoms in total. The van der Waals surface area contributed by atoms with E-state index in [4.69, 9.17) is 42.1 Å². The third-order valence-electron chi connectivity index (χ3n) is 7.49. The summed E-state index contributed by atoms with van der Waals surface area (Å²) in [5.41, 5.74) is 6.00. The van der Waals surface area contributed by atoms with Crippen molar-refractivity contribution in [1.29, 1.82) is 0 Å². The Morgan fingerprint density at radius 1 is 1.02 bits per heavy atom. The quantitative estimate of drug-likeness (QED) is 0.247. The van der Waals surface area contributed by atoms with Crippen molar-refractivity contribution in [2.45, 2.75) is 31.7 Å². The summed E-state index contributed by atoms with van der Waals surface area (Å²) in [7, 11) is 0. The smallest absolute Gasteiger partial charge is 0.234 e. The molecule has 0 aliphatic carbocycles. The molecular weight excluding hydrogens is 589 g/mol. The van der Waals surface area contributed by atoms with Gasteiger partial charge in [-0.3, -0.25) is 10.2 Å². The van der Waals surface area contributed by atoms with Crippen LogP contribution in [0.4, 0.5) is 5.69 Å². The van der Waals surface area contributed by atoms with Gasteiger partial charge in [0.1, 0.15) is 30.8 Å². The van der Waals surface area contributed by atoms with Crippen molar-refractivity contribution in [2.24, 2.45) is 0 Å². The highest BCUT2D eigenvalue weighted by molar-refractivity contribution is 6.35. The van der Waals surface area contributed by atoms with Gasteiger partial charge in [-0.1, -0.05) is 54.1 Å². The summed E-state index contributed by atoms with van der Waals surface area (Å²) in [6.07, 6.45) is 2.59. The number of ether oxygens (including phenoxy) is 4. The van der Waals surface area contributed by atoms with Gasteiger partial charge < -0.3 is 23.8 Å². The minimum absolute atomic E-state index is 0.0233. The van der Waals surface area contributed by atoms with Crippen LogP contribution in [0, 0.1) is 0 Å². The number of carbonyl (C=O) groups excluding carboxylic acids is 1. The third-order valence-corrected chi connectivity index (χ3v) is 8.04.